The van der Waals surface area contributed by atoms with Gasteiger partial charge in [-0.1, -0.05) is 0 Å². The second-order valence-electron chi connectivity index (χ2n) is 6.79. The third-order valence-corrected chi connectivity index (χ3v) is 5.66. The van der Waals surface area contributed by atoms with Crippen molar-refractivity contribution in [2.24, 2.45) is 0 Å². The van der Waals surface area contributed by atoms with Crippen molar-refractivity contribution in [2.45, 2.75) is 43.4 Å². The summed E-state index contributed by atoms with van der Waals surface area (Å²) in [5, 5.41) is 20.3. The van der Waals surface area contributed by atoms with Crippen LogP contribution >= 0.6 is 0 Å². The van der Waals surface area contributed by atoms with Gasteiger partial charge in [-0.05, 0) is 26.8 Å². The van der Waals surface area contributed by atoms with Crippen LogP contribution in [0.1, 0.15) is 32.8 Å². The maximum absolute atomic E-state index is 14.8. The topological polar surface area (TPSA) is 102 Å². The number of nitro benzene ring substituents is 1. The maximum Gasteiger partial charge on any atom is 0.293 e. The number of hydrogen-bond donors (Lipinski definition) is 2. The van der Waals surface area contributed by atoms with E-state index in [1.165, 1.54) is 6.07 Å². The molecule has 0 bridgehead atoms. The van der Waals surface area contributed by atoms with Crippen molar-refractivity contribution in [1.29, 1.82) is 0 Å². The number of rotatable bonds is 5. The van der Waals surface area contributed by atoms with Gasteiger partial charge in [-0.25, -0.2) is 17.7 Å². The molecule has 1 aliphatic heterocycles. The minimum absolute atomic E-state index is 0.0309. The average molecular weight is 378 g/mol. The highest BCUT2D eigenvalue weighted by Gasteiger charge is 2.58. The first-order valence-electron chi connectivity index (χ1n) is 7.55. The third-order valence-electron chi connectivity index (χ3n) is 4.01. The second kappa shape index (κ2) is 6.58. The minimum atomic E-state index is -3.72. The molecule has 0 saturated heterocycles. The van der Waals surface area contributed by atoms with Gasteiger partial charge in [0.05, 0.1) is 27.3 Å². The number of aliphatic hydroxyl groups is 1. The molecule has 2 atom stereocenters. The Morgan fingerprint density at radius 3 is 2.60 bits per heavy atom. The van der Waals surface area contributed by atoms with Crippen molar-refractivity contribution in [3.63, 3.8) is 0 Å². The zero-order valence-corrected chi connectivity index (χ0v) is 14.9. The zero-order valence-electron chi connectivity index (χ0n) is 14.0. The molecule has 2 N–H and O–H groups in total. The number of fused-ring (bicyclic) bond motifs is 1. The molecule has 0 amide bonds. The summed E-state index contributed by atoms with van der Waals surface area (Å²) in [5.74, 6) is -3.69. The van der Waals surface area contributed by atoms with Gasteiger partial charge in [-0.3, -0.25) is 10.1 Å². The lowest BCUT2D eigenvalue weighted by Gasteiger charge is -2.44. The van der Waals surface area contributed by atoms with E-state index >= 15 is 0 Å². The lowest BCUT2D eigenvalue weighted by molar-refractivity contribution is -0.385. The number of nitrogens with one attached hydrogen (secondary N) is 1. The molecule has 0 fully saturated rings. The summed E-state index contributed by atoms with van der Waals surface area (Å²) in [6.45, 7) is 3.19. The molecule has 140 valence electrons. The Labute approximate surface area is 146 Å². The number of ether oxygens (including phenoxy) is 1. The van der Waals surface area contributed by atoms with Crippen LogP contribution in [0.25, 0.3) is 0 Å². The fraction of sp³-hybridized carbons (Fsp3) is 0.600. The van der Waals surface area contributed by atoms with E-state index in [-0.39, 0.29) is 24.3 Å². The van der Waals surface area contributed by atoms with Gasteiger partial charge < -0.3 is 9.84 Å². The van der Waals surface area contributed by atoms with Gasteiger partial charge in [0.15, 0.2) is 0 Å². The lowest BCUT2D eigenvalue weighted by Crippen LogP contribution is -2.61. The van der Waals surface area contributed by atoms with Crippen molar-refractivity contribution in [1.82, 2.24) is 4.72 Å². The monoisotopic (exact) mass is 378 g/mol. The third kappa shape index (κ3) is 3.51. The lowest BCUT2D eigenvalue weighted by atomic mass is 9.80. The Morgan fingerprint density at radius 1 is 1.44 bits per heavy atom. The van der Waals surface area contributed by atoms with Crippen molar-refractivity contribution < 1.29 is 27.8 Å². The predicted molar refractivity (Wildman–Crippen MR) is 88.0 cm³/mol. The molecule has 1 aromatic rings. The van der Waals surface area contributed by atoms with Crippen LogP contribution in [0, 0.1) is 10.1 Å². The van der Waals surface area contributed by atoms with Crippen LogP contribution in [0.15, 0.2) is 18.2 Å². The Hall–Kier alpha value is -1.65. The van der Waals surface area contributed by atoms with Gasteiger partial charge >= 0.3 is 0 Å². The summed E-state index contributed by atoms with van der Waals surface area (Å²) in [5.41, 5.74) is -2.84. The molecule has 10 heteroatoms. The molecular weight excluding hydrogens is 358 g/mol. The summed E-state index contributed by atoms with van der Waals surface area (Å²) in [4.78, 5) is 10.3. The molecule has 7 nitrogen and oxygen atoms in total. The molecule has 0 aromatic heterocycles. The molecule has 0 spiro atoms. The van der Waals surface area contributed by atoms with E-state index in [4.69, 9.17) is 4.74 Å². The van der Waals surface area contributed by atoms with Gasteiger partial charge in [0.2, 0.25) is 0 Å². The zero-order chi connectivity index (χ0) is 19.0. The number of non-ortho nitro benzene ring substituents is 1. The molecule has 0 saturated carbocycles. The first-order chi connectivity index (χ1) is 11.4. The van der Waals surface area contributed by atoms with Crippen LogP contribution in [0.2, 0.25) is 0 Å². The summed E-state index contributed by atoms with van der Waals surface area (Å²) in [6.07, 6.45) is -0.309. The Morgan fingerprint density at radius 2 is 2.08 bits per heavy atom. The smallest absolute Gasteiger partial charge is 0.293 e. The molecule has 0 radical (unpaired) electrons. The van der Waals surface area contributed by atoms with E-state index in [9.17, 15) is 28.2 Å². The fourth-order valence-corrected chi connectivity index (χ4v) is 3.53. The molecule has 1 aromatic carbocycles. The highest BCUT2D eigenvalue weighted by atomic mass is 32.2. The highest BCUT2D eigenvalue weighted by molar-refractivity contribution is 7.84. The van der Waals surface area contributed by atoms with E-state index < -0.39 is 44.4 Å². The van der Waals surface area contributed by atoms with Crippen LogP contribution in [0.4, 0.5) is 14.5 Å². The Kier molecular flexibility index (Phi) is 5.18. The summed E-state index contributed by atoms with van der Waals surface area (Å²) < 4.78 is 49.0. The van der Waals surface area contributed by atoms with Gasteiger partial charge in [0.25, 0.3) is 11.6 Å². The van der Waals surface area contributed by atoms with Crippen LogP contribution in [-0.4, -0.2) is 38.1 Å². The summed E-state index contributed by atoms with van der Waals surface area (Å²) in [6, 6.07) is 3.36. The van der Waals surface area contributed by atoms with Crippen LogP contribution < -0.4 is 9.46 Å². The number of benzene rings is 1. The van der Waals surface area contributed by atoms with E-state index in [0.29, 0.717) is 0 Å². The van der Waals surface area contributed by atoms with E-state index in [1.807, 2.05) is 0 Å². The van der Waals surface area contributed by atoms with Gasteiger partial charge in [0.1, 0.15) is 17.9 Å². The quantitative estimate of drug-likeness (QED) is 0.604. The van der Waals surface area contributed by atoms with Gasteiger partial charge in [-0.15, -0.1) is 0 Å². The maximum atomic E-state index is 14.8. The average Bonchev–Trinajstić information content (AvgIpc) is 2.53. The molecule has 0 aliphatic carbocycles. The number of halogens is 2. The molecule has 25 heavy (non-hydrogen) atoms. The number of hydrogen-bond acceptors (Lipinski definition) is 5. The standard InChI is InChI=1S/C15H20F2N2O5S/c1-13(2,3)25(23)18-14(15(16,17)9-20)6-7-24-12-5-4-10(19(21)22)8-11(12)14/h4-5,8,18,20H,6-7,9H2,1-3H3/t14-,25-/m1/s1. The van der Waals surface area contributed by atoms with Crippen molar-refractivity contribution in [2.75, 3.05) is 13.2 Å². The minimum Gasteiger partial charge on any atom is -0.493 e. The Bertz CT molecular complexity index is 708. The normalized spacial score (nSPS) is 22.0. The van der Waals surface area contributed by atoms with Crippen molar-refractivity contribution in [3.05, 3.63) is 33.9 Å². The van der Waals surface area contributed by atoms with Crippen molar-refractivity contribution >= 4 is 16.7 Å². The fourth-order valence-electron chi connectivity index (χ4n) is 2.55. The Balaban J connectivity index is 2.68. The first kappa shape index (κ1) is 19.7. The molecule has 2 rings (SSSR count). The molecule has 1 heterocycles. The number of aliphatic hydroxyl groups excluding tert-OH is 1. The van der Waals surface area contributed by atoms with Gasteiger partial charge in [0, 0.05) is 24.1 Å². The SMILES string of the molecule is CC(C)(C)[S@@](=O)N[C@]1(C(F)(F)CO)CCOc2ccc([N+](=O)[O-])cc21. The molecular formula is C15H20F2N2O5S. The first-order valence-corrected chi connectivity index (χ1v) is 8.70. The van der Waals surface area contributed by atoms with Crippen LogP contribution in [0.5, 0.6) is 5.75 Å². The molecule has 1 aliphatic rings. The number of alkyl halides is 2. The number of nitro groups is 1. The summed E-state index contributed by atoms with van der Waals surface area (Å²) in [7, 11) is -1.91. The highest BCUT2D eigenvalue weighted by Crippen LogP contribution is 2.48. The van der Waals surface area contributed by atoms with E-state index in [0.717, 1.165) is 12.1 Å². The second-order valence-corrected chi connectivity index (χ2v) is 8.75. The van der Waals surface area contributed by atoms with E-state index in [2.05, 4.69) is 4.72 Å². The molecule has 0 unspecified atom stereocenters. The van der Waals surface area contributed by atoms with Crippen LogP contribution in [-0.2, 0) is 16.5 Å². The largest absolute Gasteiger partial charge is 0.493 e. The van der Waals surface area contributed by atoms with Crippen LogP contribution in [0.3, 0.4) is 0 Å². The number of nitrogens with zero attached hydrogens (tertiary/aromatic N) is 1. The predicted octanol–water partition coefficient (Wildman–Crippen LogP) is 2.25. The van der Waals surface area contributed by atoms with Crippen molar-refractivity contribution in [3.8, 4) is 5.75 Å². The van der Waals surface area contributed by atoms with Gasteiger partial charge in [-0.2, -0.15) is 0 Å². The summed E-state index contributed by atoms with van der Waals surface area (Å²) >= 11 is 0. The van der Waals surface area contributed by atoms with E-state index in [1.54, 1.807) is 20.8 Å².